The van der Waals surface area contributed by atoms with Crippen molar-refractivity contribution in [1.82, 2.24) is 19.7 Å². The molecule has 2 aromatic heterocycles. The fourth-order valence-corrected chi connectivity index (χ4v) is 1.58. The largest absolute Gasteiger partial charge is 0.339 e. The summed E-state index contributed by atoms with van der Waals surface area (Å²) in [5, 5.41) is 4.13. The van der Waals surface area contributed by atoms with E-state index in [0.29, 0.717) is 12.5 Å². The summed E-state index contributed by atoms with van der Waals surface area (Å²) >= 11 is 0. The average molecular weight is 232 g/mol. The van der Waals surface area contributed by atoms with E-state index >= 15 is 0 Å². The number of anilines is 1. The van der Waals surface area contributed by atoms with E-state index in [1.807, 2.05) is 37.5 Å². The summed E-state index contributed by atoms with van der Waals surface area (Å²) in [5.74, 6) is 0.678. The lowest BCUT2D eigenvalue weighted by Crippen LogP contribution is -2.19. The standard InChI is InChI=1S/C11H16N6/c1-16(7-9-6-14-17(2)8-9)11-13-4-3-10(5-12)15-11/h3-4,6,8H,5,7,12H2,1-2H3. The van der Waals surface area contributed by atoms with E-state index in [1.54, 1.807) is 10.9 Å². The van der Waals surface area contributed by atoms with E-state index in [1.165, 1.54) is 0 Å². The maximum absolute atomic E-state index is 5.55. The van der Waals surface area contributed by atoms with Crippen LogP contribution < -0.4 is 10.6 Å². The summed E-state index contributed by atoms with van der Waals surface area (Å²) in [6.07, 6.45) is 5.54. The molecule has 0 aromatic carbocycles. The zero-order chi connectivity index (χ0) is 12.3. The Balaban J connectivity index is 2.11. The highest BCUT2D eigenvalue weighted by Gasteiger charge is 2.06. The van der Waals surface area contributed by atoms with Crippen LogP contribution in [0.2, 0.25) is 0 Å². The molecule has 2 N–H and O–H groups in total. The summed E-state index contributed by atoms with van der Waals surface area (Å²) in [6.45, 7) is 1.15. The SMILES string of the molecule is CN(Cc1cnn(C)c1)c1nccc(CN)n1. The first kappa shape index (κ1) is 11.5. The molecule has 0 saturated heterocycles. The van der Waals surface area contributed by atoms with Crippen molar-refractivity contribution in [3.05, 3.63) is 35.9 Å². The number of hydrogen-bond donors (Lipinski definition) is 1. The number of aryl methyl sites for hydroxylation is 1. The van der Waals surface area contributed by atoms with E-state index in [-0.39, 0.29) is 0 Å². The van der Waals surface area contributed by atoms with E-state index < -0.39 is 0 Å². The van der Waals surface area contributed by atoms with Crippen LogP contribution in [0.1, 0.15) is 11.3 Å². The highest BCUT2D eigenvalue weighted by Crippen LogP contribution is 2.09. The van der Waals surface area contributed by atoms with Crippen LogP contribution >= 0.6 is 0 Å². The normalized spacial score (nSPS) is 10.5. The Bertz CT molecular complexity index is 492. The molecule has 6 heteroatoms. The second kappa shape index (κ2) is 4.92. The molecule has 2 aromatic rings. The fraction of sp³-hybridized carbons (Fsp3) is 0.364. The molecule has 6 nitrogen and oxygen atoms in total. The lowest BCUT2D eigenvalue weighted by Gasteiger charge is -2.16. The van der Waals surface area contributed by atoms with Crippen LogP contribution in [0.5, 0.6) is 0 Å². The zero-order valence-corrected chi connectivity index (χ0v) is 10.0. The van der Waals surface area contributed by atoms with Crippen molar-refractivity contribution in [2.24, 2.45) is 12.8 Å². The van der Waals surface area contributed by atoms with Crippen molar-refractivity contribution in [2.75, 3.05) is 11.9 Å². The van der Waals surface area contributed by atoms with Gasteiger partial charge in [0.2, 0.25) is 5.95 Å². The second-order valence-electron chi connectivity index (χ2n) is 3.93. The summed E-state index contributed by atoms with van der Waals surface area (Å²) in [6, 6.07) is 1.82. The Morgan fingerprint density at radius 1 is 1.47 bits per heavy atom. The van der Waals surface area contributed by atoms with Crippen molar-refractivity contribution in [2.45, 2.75) is 13.1 Å². The Labute approximate surface area is 100 Å². The first-order valence-corrected chi connectivity index (χ1v) is 5.39. The van der Waals surface area contributed by atoms with Crippen LogP contribution in [-0.2, 0) is 20.1 Å². The number of aromatic nitrogens is 4. The molecule has 0 aliphatic heterocycles. The lowest BCUT2D eigenvalue weighted by molar-refractivity contribution is 0.766. The number of nitrogens with two attached hydrogens (primary N) is 1. The molecule has 0 atom stereocenters. The molecule has 2 heterocycles. The molecule has 90 valence electrons. The minimum Gasteiger partial charge on any atom is -0.339 e. The van der Waals surface area contributed by atoms with Gasteiger partial charge in [-0.25, -0.2) is 9.97 Å². The quantitative estimate of drug-likeness (QED) is 0.821. The van der Waals surface area contributed by atoms with E-state index in [4.69, 9.17) is 5.73 Å². The van der Waals surface area contributed by atoms with Gasteiger partial charge in [0.05, 0.1) is 11.9 Å². The topological polar surface area (TPSA) is 72.9 Å². The lowest BCUT2D eigenvalue weighted by atomic mass is 10.3. The molecule has 0 aliphatic rings. The highest BCUT2D eigenvalue weighted by molar-refractivity contribution is 5.30. The van der Waals surface area contributed by atoms with Crippen LogP contribution in [-0.4, -0.2) is 26.8 Å². The third-order valence-electron chi connectivity index (χ3n) is 2.43. The van der Waals surface area contributed by atoms with Gasteiger partial charge < -0.3 is 10.6 Å². The van der Waals surface area contributed by atoms with Gasteiger partial charge in [-0.05, 0) is 6.07 Å². The van der Waals surface area contributed by atoms with Crippen LogP contribution in [0, 0.1) is 0 Å². The van der Waals surface area contributed by atoms with Crippen molar-refractivity contribution in [3.8, 4) is 0 Å². The van der Waals surface area contributed by atoms with Crippen LogP contribution in [0.15, 0.2) is 24.7 Å². The Kier molecular flexibility index (Phi) is 3.34. The molecule has 0 fully saturated rings. The summed E-state index contributed by atoms with van der Waals surface area (Å²) < 4.78 is 1.78. The van der Waals surface area contributed by atoms with Gasteiger partial charge >= 0.3 is 0 Å². The molecule has 0 radical (unpaired) electrons. The van der Waals surface area contributed by atoms with Crippen molar-refractivity contribution in [3.63, 3.8) is 0 Å². The Morgan fingerprint density at radius 2 is 2.29 bits per heavy atom. The van der Waals surface area contributed by atoms with E-state index in [2.05, 4.69) is 15.1 Å². The predicted octanol–water partition coefficient (Wildman–Crippen LogP) is 0.305. The molecule has 0 bridgehead atoms. The van der Waals surface area contributed by atoms with Gasteiger partial charge in [-0.2, -0.15) is 5.10 Å². The van der Waals surface area contributed by atoms with Crippen LogP contribution in [0.4, 0.5) is 5.95 Å². The molecular weight excluding hydrogens is 216 g/mol. The monoisotopic (exact) mass is 232 g/mol. The van der Waals surface area contributed by atoms with Gasteiger partial charge in [-0.1, -0.05) is 0 Å². The Morgan fingerprint density at radius 3 is 2.94 bits per heavy atom. The third-order valence-corrected chi connectivity index (χ3v) is 2.43. The summed E-state index contributed by atoms with van der Waals surface area (Å²) in [7, 11) is 3.84. The molecule has 0 unspecified atom stereocenters. The molecule has 0 aliphatic carbocycles. The van der Waals surface area contributed by atoms with E-state index in [0.717, 1.165) is 17.8 Å². The van der Waals surface area contributed by atoms with Crippen molar-refractivity contribution < 1.29 is 0 Å². The number of hydrogen-bond acceptors (Lipinski definition) is 5. The second-order valence-corrected chi connectivity index (χ2v) is 3.93. The van der Waals surface area contributed by atoms with E-state index in [9.17, 15) is 0 Å². The summed E-state index contributed by atoms with van der Waals surface area (Å²) in [5.41, 5.74) is 7.52. The van der Waals surface area contributed by atoms with Crippen molar-refractivity contribution in [1.29, 1.82) is 0 Å². The molecule has 0 spiro atoms. The van der Waals surface area contributed by atoms with Gasteiger partial charge in [0.15, 0.2) is 0 Å². The van der Waals surface area contributed by atoms with Crippen LogP contribution in [0.25, 0.3) is 0 Å². The highest BCUT2D eigenvalue weighted by atomic mass is 15.3. The smallest absolute Gasteiger partial charge is 0.225 e. The molecule has 2 rings (SSSR count). The molecule has 0 amide bonds. The van der Waals surface area contributed by atoms with Gasteiger partial charge in [0.25, 0.3) is 0 Å². The predicted molar refractivity (Wildman–Crippen MR) is 65.2 cm³/mol. The van der Waals surface area contributed by atoms with Gasteiger partial charge in [-0.3, -0.25) is 4.68 Å². The summed E-state index contributed by atoms with van der Waals surface area (Å²) in [4.78, 5) is 10.5. The number of rotatable bonds is 4. The first-order chi connectivity index (χ1) is 8.19. The average Bonchev–Trinajstić information content (AvgIpc) is 2.75. The van der Waals surface area contributed by atoms with Gasteiger partial charge in [-0.15, -0.1) is 0 Å². The van der Waals surface area contributed by atoms with Gasteiger partial charge in [0, 0.05) is 45.1 Å². The maximum Gasteiger partial charge on any atom is 0.225 e. The first-order valence-electron chi connectivity index (χ1n) is 5.39. The van der Waals surface area contributed by atoms with Crippen molar-refractivity contribution >= 4 is 5.95 Å². The minimum absolute atomic E-state index is 0.427. The third kappa shape index (κ3) is 2.79. The molecule has 0 saturated carbocycles. The minimum atomic E-state index is 0.427. The van der Waals surface area contributed by atoms with Crippen LogP contribution in [0.3, 0.4) is 0 Å². The molecular formula is C11H16N6. The van der Waals surface area contributed by atoms with Gasteiger partial charge in [0.1, 0.15) is 0 Å². The Hall–Kier alpha value is -1.95. The number of nitrogens with zero attached hydrogens (tertiary/aromatic N) is 5. The fourth-order valence-electron chi connectivity index (χ4n) is 1.58. The maximum atomic E-state index is 5.55. The molecule has 17 heavy (non-hydrogen) atoms. The zero-order valence-electron chi connectivity index (χ0n) is 10.0.